The Balaban J connectivity index is 1.84. The van der Waals surface area contributed by atoms with Gasteiger partial charge in [0.1, 0.15) is 0 Å². The van der Waals surface area contributed by atoms with Crippen LogP contribution in [0.15, 0.2) is 41.6 Å². The Morgan fingerprint density at radius 3 is 2.53 bits per heavy atom. The predicted octanol–water partition coefficient (Wildman–Crippen LogP) is 5.92. The molecule has 0 aliphatic carbocycles. The first kappa shape index (κ1) is 24.7. The molecular formula is C22H21Cl3F2N2O3. The number of rotatable bonds is 8. The molecule has 2 aromatic rings. The largest absolute Gasteiger partial charge is 0.380 e. The van der Waals surface area contributed by atoms with Gasteiger partial charge in [0, 0.05) is 40.7 Å². The molecular weight excluding hydrogens is 485 g/mol. The number of hydrogen-bond donors (Lipinski definition) is 1. The van der Waals surface area contributed by atoms with Gasteiger partial charge in [-0.25, -0.2) is 0 Å². The van der Waals surface area contributed by atoms with Crippen molar-refractivity contribution in [2.45, 2.75) is 31.3 Å². The van der Waals surface area contributed by atoms with E-state index in [2.05, 4.69) is 10.5 Å². The van der Waals surface area contributed by atoms with E-state index in [9.17, 15) is 13.6 Å². The number of carbonyl (C=O) groups is 1. The number of oxime groups is 1. The lowest BCUT2D eigenvalue weighted by Gasteiger charge is -2.31. The Morgan fingerprint density at radius 1 is 1.25 bits per heavy atom. The molecule has 1 atom stereocenters. The molecule has 3 rings (SSSR count). The van der Waals surface area contributed by atoms with Crippen LogP contribution in [0.4, 0.5) is 8.78 Å². The molecule has 0 bridgehead atoms. The molecule has 0 saturated carbocycles. The first-order valence-corrected chi connectivity index (χ1v) is 11.0. The van der Waals surface area contributed by atoms with Crippen LogP contribution in [0.25, 0.3) is 0 Å². The number of alkyl halides is 3. The lowest BCUT2D eigenvalue weighted by molar-refractivity contribution is -0.155. The van der Waals surface area contributed by atoms with Crippen molar-refractivity contribution in [3.05, 3.63) is 68.7 Å². The number of halogens is 5. The lowest BCUT2D eigenvalue weighted by atomic mass is 9.86. The third-order valence-corrected chi connectivity index (χ3v) is 5.80. The molecule has 172 valence electrons. The maximum absolute atomic E-state index is 14.6. The van der Waals surface area contributed by atoms with Crippen LogP contribution in [0.3, 0.4) is 0 Å². The van der Waals surface area contributed by atoms with Crippen molar-refractivity contribution in [2.75, 3.05) is 19.8 Å². The van der Waals surface area contributed by atoms with Crippen LogP contribution >= 0.6 is 34.8 Å². The number of hydrogen-bond acceptors (Lipinski definition) is 4. The van der Waals surface area contributed by atoms with E-state index in [0.29, 0.717) is 36.4 Å². The van der Waals surface area contributed by atoms with Crippen molar-refractivity contribution >= 4 is 46.4 Å². The lowest BCUT2D eigenvalue weighted by Crippen LogP contribution is -2.42. The molecule has 0 aromatic heterocycles. The summed E-state index contributed by atoms with van der Waals surface area (Å²) in [5.74, 6) is -0.256. The predicted molar refractivity (Wildman–Crippen MR) is 121 cm³/mol. The van der Waals surface area contributed by atoms with Crippen LogP contribution in [0, 0.1) is 6.92 Å². The van der Waals surface area contributed by atoms with Crippen LogP contribution in [-0.4, -0.2) is 36.8 Å². The average Bonchev–Trinajstić information content (AvgIpc) is 3.17. The van der Waals surface area contributed by atoms with Gasteiger partial charge in [0.15, 0.2) is 0 Å². The molecule has 10 heteroatoms. The Labute approximate surface area is 199 Å². The zero-order chi connectivity index (χ0) is 23.5. The zero-order valence-electron chi connectivity index (χ0n) is 17.4. The summed E-state index contributed by atoms with van der Waals surface area (Å²) < 4.78 is 34.3. The van der Waals surface area contributed by atoms with Crippen LogP contribution in [-0.2, 0) is 15.2 Å². The van der Waals surface area contributed by atoms with E-state index in [1.165, 1.54) is 18.2 Å². The normalized spacial score (nSPS) is 18.3. The molecule has 5 nitrogen and oxygen atoms in total. The summed E-state index contributed by atoms with van der Waals surface area (Å²) in [6, 6.07) is 8.99. The van der Waals surface area contributed by atoms with Crippen molar-refractivity contribution in [3.63, 3.8) is 0 Å². The summed E-state index contributed by atoms with van der Waals surface area (Å²) in [6.07, 6.45) is -0.320. The maximum Gasteiger partial charge on any atom is 0.367 e. The second-order valence-electron chi connectivity index (χ2n) is 7.27. The number of aryl methyl sites for hydroxylation is 1. The van der Waals surface area contributed by atoms with E-state index in [0.717, 1.165) is 0 Å². The minimum Gasteiger partial charge on any atom is -0.380 e. The molecule has 2 aromatic carbocycles. The first-order chi connectivity index (χ1) is 15.1. The topological polar surface area (TPSA) is 59.9 Å². The molecule has 1 aliphatic rings. The summed E-state index contributed by atoms with van der Waals surface area (Å²) in [6.45, 7) is 4.98. The van der Waals surface area contributed by atoms with Gasteiger partial charge in [0.25, 0.3) is 5.91 Å². The summed E-state index contributed by atoms with van der Waals surface area (Å²) in [5, 5.41) is 3.19. The van der Waals surface area contributed by atoms with E-state index in [-0.39, 0.29) is 33.6 Å². The Hall–Kier alpha value is -1.93. The van der Waals surface area contributed by atoms with Gasteiger partial charge in [-0.3, -0.25) is 4.79 Å². The van der Waals surface area contributed by atoms with E-state index in [1.807, 2.05) is 6.92 Å². The van der Waals surface area contributed by atoms with E-state index >= 15 is 0 Å². The fourth-order valence-electron chi connectivity index (χ4n) is 3.42. The number of ether oxygens (including phenoxy) is 1. The first-order valence-electron chi connectivity index (χ1n) is 9.82. The monoisotopic (exact) mass is 504 g/mol. The third kappa shape index (κ3) is 5.17. The highest BCUT2D eigenvalue weighted by Crippen LogP contribution is 2.51. The van der Waals surface area contributed by atoms with Crippen LogP contribution in [0.1, 0.15) is 40.4 Å². The number of nitrogens with zero attached hydrogens (tertiary/aromatic N) is 1. The Bertz CT molecular complexity index is 1020. The summed E-state index contributed by atoms with van der Waals surface area (Å²) in [5.41, 5.74) is -0.366. The Kier molecular flexibility index (Phi) is 7.65. The molecule has 0 radical (unpaired) electrons. The van der Waals surface area contributed by atoms with Crippen molar-refractivity contribution in [1.82, 2.24) is 5.32 Å². The average molecular weight is 506 g/mol. The molecule has 0 fully saturated rings. The van der Waals surface area contributed by atoms with Gasteiger partial charge in [-0.2, -0.15) is 8.78 Å². The van der Waals surface area contributed by atoms with Crippen LogP contribution in [0.5, 0.6) is 0 Å². The van der Waals surface area contributed by atoms with Crippen molar-refractivity contribution in [3.8, 4) is 0 Å². The van der Waals surface area contributed by atoms with E-state index in [1.54, 1.807) is 25.1 Å². The molecule has 1 amide bonds. The molecule has 0 saturated heterocycles. The summed E-state index contributed by atoms with van der Waals surface area (Å²) in [7, 11) is 0. The van der Waals surface area contributed by atoms with Gasteiger partial charge in [0.2, 0.25) is 5.60 Å². The molecule has 1 unspecified atom stereocenters. The van der Waals surface area contributed by atoms with Gasteiger partial charge < -0.3 is 14.9 Å². The van der Waals surface area contributed by atoms with Gasteiger partial charge in [-0.15, -0.1) is 0 Å². The SMILES string of the molecule is CCOCCNC(=O)c1ccc(C2=NOC(c3cc(Cl)cc(Cl)c3)(C(F)(F)Cl)C2)cc1C. The van der Waals surface area contributed by atoms with Gasteiger partial charge in [-0.05, 0) is 66.9 Å². The van der Waals surface area contributed by atoms with Crippen molar-refractivity contribution in [2.24, 2.45) is 5.16 Å². The smallest absolute Gasteiger partial charge is 0.367 e. The van der Waals surface area contributed by atoms with E-state index in [4.69, 9.17) is 44.4 Å². The van der Waals surface area contributed by atoms with Gasteiger partial charge >= 0.3 is 5.38 Å². The molecule has 1 heterocycles. The van der Waals surface area contributed by atoms with Crippen LogP contribution in [0.2, 0.25) is 10.0 Å². The van der Waals surface area contributed by atoms with E-state index < -0.39 is 11.0 Å². The highest BCUT2D eigenvalue weighted by atomic mass is 35.5. The number of carbonyl (C=O) groups excluding carboxylic acids is 1. The zero-order valence-corrected chi connectivity index (χ0v) is 19.6. The van der Waals surface area contributed by atoms with Crippen LogP contribution < -0.4 is 5.32 Å². The highest BCUT2D eigenvalue weighted by molar-refractivity contribution is 6.34. The number of nitrogens with one attached hydrogen (secondary N) is 1. The van der Waals surface area contributed by atoms with Gasteiger partial charge in [0.05, 0.1) is 12.3 Å². The standard InChI is InChI=1S/C22H21Cl3F2N2O3/c1-3-31-7-6-28-20(30)18-5-4-14(8-13(18)2)19-12-21(32-29-19,22(25,26)27)15-9-16(23)11-17(24)10-15/h4-5,8-11H,3,6-7,12H2,1-2H3,(H,28,30). The minimum atomic E-state index is -3.80. The second-order valence-corrected chi connectivity index (χ2v) is 8.62. The van der Waals surface area contributed by atoms with Crippen molar-refractivity contribution in [1.29, 1.82) is 0 Å². The maximum atomic E-state index is 14.6. The summed E-state index contributed by atoms with van der Waals surface area (Å²) >= 11 is 17.5. The fraction of sp³-hybridized carbons (Fsp3) is 0.364. The molecule has 0 spiro atoms. The summed E-state index contributed by atoms with van der Waals surface area (Å²) in [4.78, 5) is 17.6. The number of benzene rings is 2. The number of amides is 1. The third-order valence-electron chi connectivity index (χ3n) is 5.06. The fourth-order valence-corrected chi connectivity index (χ4v) is 4.16. The van der Waals surface area contributed by atoms with Crippen molar-refractivity contribution < 1.29 is 23.1 Å². The quantitative estimate of drug-likeness (QED) is 0.358. The molecule has 32 heavy (non-hydrogen) atoms. The minimum absolute atomic E-state index is 0.00997. The second kappa shape index (κ2) is 9.91. The Morgan fingerprint density at radius 2 is 1.94 bits per heavy atom. The molecule has 1 N–H and O–H groups in total. The van der Waals surface area contributed by atoms with Gasteiger partial charge in [-0.1, -0.05) is 34.4 Å². The highest BCUT2D eigenvalue weighted by Gasteiger charge is 2.60. The molecule has 1 aliphatic heterocycles.